The molecule has 0 saturated carbocycles. The summed E-state index contributed by atoms with van der Waals surface area (Å²) >= 11 is 12.2. The first-order valence-electron chi connectivity index (χ1n) is 6.62. The Hall–Kier alpha value is -1.32. The van der Waals surface area contributed by atoms with Gasteiger partial charge in [-0.15, -0.1) is 0 Å². The molecule has 106 valence electrons. The van der Waals surface area contributed by atoms with Gasteiger partial charge in [-0.3, -0.25) is 4.79 Å². The summed E-state index contributed by atoms with van der Waals surface area (Å²) in [6, 6.07) is 9.81. The fraction of sp³-hybridized carbons (Fsp3) is 0.333. The molecule has 2 rings (SSSR count). The van der Waals surface area contributed by atoms with Crippen molar-refractivity contribution in [2.24, 2.45) is 0 Å². The van der Waals surface area contributed by atoms with E-state index >= 15 is 0 Å². The van der Waals surface area contributed by atoms with Crippen LogP contribution in [0.5, 0.6) is 0 Å². The van der Waals surface area contributed by atoms with Gasteiger partial charge in [-0.1, -0.05) is 66.9 Å². The Bertz CT molecular complexity index is 638. The molecule has 0 atom stereocenters. The van der Waals surface area contributed by atoms with E-state index in [0.717, 1.165) is 18.4 Å². The van der Waals surface area contributed by atoms with Crippen LogP contribution in [0.1, 0.15) is 30.9 Å². The van der Waals surface area contributed by atoms with Crippen molar-refractivity contribution >= 4 is 23.2 Å². The van der Waals surface area contributed by atoms with E-state index in [1.807, 2.05) is 30.3 Å². The zero-order valence-electron chi connectivity index (χ0n) is 11.3. The summed E-state index contributed by atoms with van der Waals surface area (Å²) in [4.78, 5) is 12.0. The third-order valence-electron chi connectivity index (χ3n) is 3.10. The van der Waals surface area contributed by atoms with Crippen molar-refractivity contribution in [2.75, 3.05) is 0 Å². The van der Waals surface area contributed by atoms with Gasteiger partial charge in [0.1, 0.15) is 5.15 Å². The Morgan fingerprint density at radius 1 is 1.20 bits per heavy atom. The van der Waals surface area contributed by atoms with E-state index in [1.165, 1.54) is 0 Å². The van der Waals surface area contributed by atoms with E-state index in [0.29, 0.717) is 23.7 Å². The van der Waals surface area contributed by atoms with Gasteiger partial charge in [0.2, 0.25) is 5.43 Å². The fourth-order valence-corrected chi connectivity index (χ4v) is 2.48. The summed E-state index contributed by atoms with van der Waals surface area (Å²) in [5.41, 5.74) is 1.36. The zero-order valence-corrected chi connectivity index (χ0v) is 12.8. The zero-order chi connectivity index (χ0) is 14.5. The van der Waals surface area contributed by atoms with E-state index in [9.17, 15) is 4.79 Å². The molecular weight excluding hydrogens is 295 g/mol. The fourth-order valence-electron chi connectivity index (χ4n) is 2.00. The van der Waals surface area contributed by atoms with Crippen LogP contribution in [-0.4, -0.2) is 9.78 Å². The number of halogens is 2. The van der Waals surface area contributed by atoms with E-state index in [-0.39, 0.29) is 10.6 Å². The Labute approximate surface area is 128 Å². The summed E-state index contributed by atoms with van der Waals surface area (Å²) in [7, 11) is 0. The van der Waals surface area contributed by atoms with Crippen LogP contribution >= 0.6 is 23.2 Å². The third kappa shape index (κ3) is 3.41. The van der Waals surface area contributed by atoms with Gasteiger partial charge in [-0.05, 0) is 18.4 Å². The van der Waals surface area contributed by atoms with Crippen LogP contribution in [0, 0.1) is 0 Å². The van der Waals surface area contributed by atoms with Crippen LogP contribution in [-0.2, 0) is 13.0 Å². The van der Waals surface area contributed by atoms with Crippen molar-refractivity contribution in [3.63, 3.8) is 0 Å². The van der Waals surface area contributed by atoms with E-state index in [2.05, 4.69) is 12.0 Å². The van der Waals surface area contributed by atoms with Crippen molar-refractivity contribution in [1.29, 1.82) is 0 Å². The lowest BCUT2D eigenvalue weighted by Gasteiger charge is -2.12. The Kier molecular flexibility index (Phi) is 5.21. The van der Waals surface area contributed by atoms with Crippen LogP contribution in [0.15, 0.2) is 35.1 Å². The summed E-state index contributed by atoms with van der Waals surface area (Å²) in [6.45, 7) is 2.57. The molecular formula is C15H16Cl2N2O. The standard InChI is InChI=1S/C15H16Cl2N2O/c1-2-3-9-12-13(20)14(16)18-19(15(12)17)10-11-7-5-4-6-8-11/h4-8H,2-3,9-10H2,1H3. The molecule has 0 amide bonds. The van der Waals surface area contributed by atoms with Gasteiger partial charge in [0.05, 0.1) is 6.54 Å². The highest BCUT2D eigenvalue weighted by atomic mass is 35.5. The van der Waals surface area contributed by atoms with Crippen molar-refractivity contribution in [2.45, 2.75) is 32.7 Å². The summed E-state index contributed by atoms with van der Waals surface area (Å²) in [6.07, 6.45) is 2.53. The molecule has 2 aromatic rings. The lowest BCUT2D eigenvalue weighted by molar-refractivity contribution is 0.649. The normalized spacial score (nSPS) is 10.8. The van der Waals surface area contributed by atoms with Crippen LogP contribution in [0.2, 0.25) is 10.3 Å². The quantitative estimate of drug-likeness (QED) is 0.838. The number of aromatic nitrogens is 2. The van der Waals surface area contributed by atoms with Gasteiger partial charge in [0.25, 0.3) is 0 Å². The van der Waals surface area contributed by atoms with Crippen LogP contribution < -0.4 is 5.43 Å². The van der Waals surface area contributed by atoms with Gasteiger partial charge >= 0.3 is 0 Å². The molecule has 0 aliphatic carbocycles. The number of unbranched alkanes of at least 4 members (excludes halogenated alkanes) is 1. The van der Waals surface area contributed by atoms with Gasteiger partial charge in [0.15, 0.2) is 5.15 Å². The molecule has 20 heavy (non-hydrogen) atoms. The maximum atomic E-state index is 12.0. The molecule has 0 bridgehead atoms. The van der Waals surface area contributed by atoms with Crippen LogP contribution in [0.25, 0.3) is 0 Å². The predicted octanol–water partition coefficient (Wildman–Crippen LogP) is 3.94. The second-order valence-electron chi connectivity index (χ2n) is 4.64. The molecule has 1 heterocycles. The van der Waals surface area contributed by atoms with Crippen molar-refractivity contribution in [3.8, 4) is 0 Å². The maximum absolute atomic E-state index is 12.0. The highest BCUT2D eigenvalue weighted by Gasteiger charge is 2.14. The first kappa shape index (κ1) is 15.1. The lowest BCUT2D eigenvalue weighted by Crippen LogP contribution is -2.20. The SMILES string of the molecule is CCCCc1c(Cl)n(Cc2ccccc2)nc(Cl)c1=O. The predicted molar refractivity (Wildman–Crippen MR) is 82.7 cm³/mol. The molecule has 0 saturated heterocycles. The highest BCUT2D eigenvalue weighted by molar-refractivity contribution is 6.31. The molecule has 0 fully saturated rings. The number of hydrogen-bond donors (Lipinski definition) is 0. The number of rotatable bonds is 5. The summed E-state index contributed by atoms with van der Waals surface area (Å²) < 4.78 is 1.59. The molecule has 0 N–H and O–H groups in total. The average Bonchev–Trinajstić information content (AvgIpc) is 2.46. The number of benzene rings is 1. The highest BCUT2D eigenvalue weighted by Crippen LogP contribution is 2.17. The molecule has 0 radical (unpaired) electrons. The Morgan fingerprint density at radius 2 is 1.90 bits per heavy atom. The largest absolute Gasteiger partial charge is 0.286 e. The molecule has 1 aromatic carbocycles. The van der Waals surface area contributed by atoms with Gasteiger partial charge in [-0.25, -0.2) is 4.68 Å². The Morgan fingerprint density at radius 3 is 2.55 bits per heavy atom. The molecule has 3 nitrogen and oxygen atoms in total. The minimum Gasteiger partial charge on any atom is -0.286 e. The second kappa shape index (κ2) is 6.91. The van der Waals surface area contributed by atoms with Crippen LogP contribution in [0.3, 0.4) is 0 Å². The van der Waals surface area contributed by atoms with Gasteiger partial charge in [0, 0.05) is 5.56 Å². The molecule has 0 aliphatic rings. The topological polar surface area (TPSA) is 34.9 Å². The molecule has 0 unspecified atom stereocenters. The first-order chi connectivity index (χ1) is 9.63. The smallest absolute Gasteiger partial charge is 0.223 e. The van der Waals surface area contributed by atoms with E-state index < -0.39 is 0 Å². The molecule has 1 aromatic heterocycles. The molecule has 5 heteroatoms. The summed E-state index contributed by atoms with van der Waals surface area (Å²) in [5, 5.41) is 4.44. The average molecular weight is 311 g/mol. The van der Waals surface area contributed by atoms with E-state index in [4.69, 9.17) is 23.2 Å². The molecule has 0 spiro atoms. The number of nitrogens with zero attached hydrogens (tertiary/aromatic N) is 2. The van der Waals surface area contributed by atoms with Crippen molar-refractivity contribution in [1.82, 2.24) is 9.78 Å². The van der Waals surface area contributed by atoms with Crippen molar-refractivity contribution < 1.29 is 0 Å². The minimum atomic E-state index is -0.255. The first-order valence-corrected chi connectivity index (χ1v) is 7.38. The van der Waals surface area contributed by atoms with Gasteiger partial charge < -0.3 is 0 Å². The monoisotopic (exact) mass is 310 g/mol. The summed E-state index contributed by atoms with van der Waals surface area (Å²) in [5.74, 6) is 0. The van der Waals surface area contributed by atoms with E-state index in [1.54, 1.807) is 4.68 Å². The Balaban J connectivity index is 2.39. The van der Waals surface area contributed by atoms with Gasteiger partial charge in [-0.2, -0.15) is 5.10 Å². The van der Waals surface area contributed by atoms with Crippen molar-refractivity contribution in [3.05, 3.63) is 62.0 Å². The molecule has 0 aliphatic heterocycles. The number of hydrogen-bond acceptors (Lipinski definition) is 2. The van der Waals surface area contributed by atoms with Crippen LogP contribution in [0.4, 0.5) is 0 Å². The second-order valence-corrected chi connectivity index (χ2v) is 5.35. The lowest BCUT2D eigenvalue weighted by atomic mass is 10.1. The minimum absolute atomic E-state index is 0.0172. The maximum Gasteiger partial charge on any atom is 0.223 e. The third-order valence-corrected chi connectivity index (χ3v) is 3.77.